The first-order chi connectivity index (χ1) is 10.2. The van der Waals surface area contributed by atoms with Crippen LogP contribution in [-0.4, -0.2) is 9.78 Å². The number of nitrogens with zero attached hydrogens (tertiary/aromatic N) is 2. The number of aromatic nitrogens is 2. The molecule has 0 radical (unpaired) electrons. The molecule has 1 atom stereocenters. The normalized spacial score (nSPS) is 12.3. The molecule has 0 spiro atoms. The van der Waals surface area contributed by atoms with Gasteiger partial charge in [-0.3, -0.25) is 0 Å². The van der Waals surface area contributed by atoms with E-state index in [1.807, 2.05) is 30.3 Å². The summed E-state index contributed by atoms with van der Waals surface area (Å²) in [5.74, 6) is -0.414. The minimum Gasteiger partial charge on any atom is -0.320 e. The van der Waals surface area contributed by atoms with Crippen LogP contribution in [0.5, 0.6) is 0 Å². The quantitative estimate of drug-likeness (QED) is 0.801. The average molecular weight is 302 g/mol. The van der Waals surface area contributed by atoms with Crippen molar-refractivity contribution in [1.29, 1.82) is 0 Å². The zero-order valence-electron chi connectivity index (χ0n) is 11.1. The first-order valence-electron chi connectivity index (χ1n) is 6.46. The van der Waals surface area contributed by atoms with Crippen molar-refractivity contribution in [2.24, 2.45) is 5.73 Å². The molecular formula is C16H13ClFN3. The number of rotatable bonds is 3. The standard InChI is InChI=1S/C16H13ClFN3/c17-13-7-4-8-14(18)15(13)16(19)11-9-20-21(10-11)12-5-2-1-3-6-12/h1-10,16H,19H2. The van der Waals surface area contributed by atoms with Crippen LogP contribution in [0.1, 0.15) is 17.2 Å². The van der Waals surface area contributed by atoms with Crippen molar-refractivity contribution in [1.82, 2.24) is 9.78 Å². The number of hydrogen-bond donors (Lipinski definition) is 1. The summed E-state index contributed by atoms with van der Waals surface area (Å²) in [6.45, 7) is 0. The van der Waals surface area contributed by atoms with Gasteiger partial charge in [0, 0.05) is 22.3 Å². The van der Waals surface area contributed by atoms with Gasteiger partial charge in [-0.1, -0.05) is 35.9 Å². The number of hydrogen-bond acceptors (Lipinski definition) is 2. The Kier molecular flexibility index (Phi) is 3.73. The molecule has 0 aliphatic heterocycles. The molecule has 0 aliphatic carbocycles. The third-order valence-electron chi connectivity index (χ3n) is 3.29. The summed E-state index contributed by atoms with van der Waals surface area (Å²) in [5, 5.41) is 4.58. The lowest BCUT2D eigenvalue weighted by Crippen LogP contribution is -2.13. The van der Waals surface area contributed by atoms with E-state index in [2.05, 4.69) is 5.10 Å². The molecule has 1 heterocycles. The summed E-state index contributed by atoms with van der Waals surface area (Å²) >= 11 is 6.05. The maximum Gasteiger partial charge on any atom is 0.129 e. The molecule has 106 valence electrons. The van der Waals surface area contributed by atoms with Gasteiger partial charge >= 0.3 is 0 Å². The van der Waals surface area contributed by atoms with E-state index < -0.39 is 11.9 Å². The fourth-order valence-electron chi connectivity index (χ4n) is 2.19. The average Bonchev–Trinajstić information content (AvgIpc) is 2.97. The Bertz CT molecular complexity index is 735. The third kappa shape index (κ3) is 2.68. The van der Waals surface area contributed by atoms with Crippen LogP contribution in [0, 0.1) is 5.82 Å². The Hall–Kier alpha value is -2.17. The maximum absolute atomic E-state index is 13.9. The fraction of sp³-hybridized carbons (Fsp3) is 0.0625. The van der Waals surface area contributed by atoms with Crippen LogP contribution in [0.25, 0.3) is 5.69 Å². The monoisotopic (exact) mass is 301 g/mol. The zero-order chi connectivity index (χ0) is 14.8. The second kappa shape index (κ2) is 5.68. The second-order valence-electron chi connectivity index (χ2n) is 4.67. The lowest BCUT2D eigenvalue weighted by Gasteiger charge is -2.12. The van der Waals surface area contributed by atoms with E-state index in [1.54, 1.807) is 29.2 Å². The molecule has 1 aromatic heterocycles. The summed E-state index contributed by atoms with van der Waals surface area (Å²) in [5.41, 5.74) is 8.03. The smallest absolute Gasteiger partial charge is 0.129 e. The Labute approximate surface area is 126 Å². The molecular weight excluding hydrogens is 289 g/mol. The third-order valence-corrected chi connectivity index (χ3v) is 3.62. The highest BCUT2D eigenvalue weighted by molar-refractivity contribution is 6.31. The van der Waals surface area contributed by atoms with E-state index in [0.29, 0.717) is 10.6 Å². The number of halogens is 2. The molecule has 3 nitrogen and oxygen atoms in total. The Morgan fingerprint density at radius 1 is 1.10 bits per heavy atom. The van der Waals surface area contributed by atoms with Crippen molar-refractivity contribution in [3.05, 3.63) is 82.9 Å². The summed E-state index contributed by atoms with van der Waals surface area (Å²) in [4.78, 5) is 0. The summed E-state index contributed by atoms with van der Waals surface area (Å²) in [7, 11) is 0. The van der Waals surface area contributed by atoms with Crippen LogP contribution in [0.4, 0.5) is 4.39 Å². The van der Waals surface area contributed by atoms with Crippen molar-refractivity contribution in [3.63, 3.8) is 0 Å². The van der Waals surface area contributed by atoms with Crippen molar-refractivity contribution in [2.75, 3.05) is 0 Å². The van der Waals surface area contributed by atoms with E-state index in [-0.39, 0.29) is 5.56 Å². The molecule has 2 N–H and O–H groups in total. The number of benzene rings is 2. The highest BCUT2D eigenvalue weighted by atomic mass is 35.5. The lowest BCUT2D eigenvalue weighted by molar-refractivity contribution is 0.600. The second-order valence-corrected chi connectivity index (χ2v) is 5.07. The van der Waals surface area contributed by atoms with Crippen LogP contribution < -0.4 is 5.73 Å². The Morgan fingerprint density at radius 2 is 1.86 bits per heavy atom. The van der Waals surface area contributed by atoms with Crippen LogP contribution in [-0.2, 0) is 0 Å². The van der Waals surface area contributed by atoms with Crippen molar-refractivity contribution < 1.29 is 4.39 Å². The van der Waals surface area contributed by atoms with Gasteiger partial charge in [0.05, 0.1) is 17.9 Å². The van der Waals surface area contributed by atoms with Gasteiger partial charge in [0.25, 0.3) is 0 Å². The summed E-state index contributed by atoms with van der Waals surface area (Å²) in [6, 6.07) is 13.5. The molecule has 0 fully saturated rings. The molecule has 0 aliphatic rings. The van der Waals surface area contributed by atoms with E-state index in [1.165, 1.54) is 6.07 Å². The molecule has 0 saturated carbocycles. The number of nitrogens with two attached hydrogens (primary N) is 1. The molecule has 1 unspecified atom stereocenters. The van der Waals surface area contributed by atoms with Gasteiger partial charge in [-0.25, -0.2) is 9.07 Å². The largest absolute Gasteiger partial charge is 0.320 e. The van der Waals surface area contributed by atoms with Crippen molar-refractivity contribution in [3.8, 4) is 5.69 Å². The van der Waals surface area contributed by atoms with Gasteiger partial charge < -0.3 is 5.73 Å². The molecule has 21 heavy (non-hydrogen) atoms. The van der Waals surface area contributed by atoms with E-state index in [4.69, 9.17) is 17.3 Å². The van der Waals surface area contributed by atoms with E-state index >= 15 is 0 Å². The van der Waals surface area contributed by atoms with Crippen LogP contribution in [0.3, 0.4) is 0 Å². The molecule has 0 saturated heterocycles. The molecule has 3 rings (SSSR count). The van der Waals surface area contributed by atoms with Gasteiger partial charge in [-0.15, -0.1) is 0 Å². The molecule has 3 aromatic rings. The predicted octanol–water partition coefficient (Wildman–Crippen LogP) is 3.71. The SMILES string of the molecule is NC(c1cnn(-c2ccccc2)c1)c1c(F)cccc1Cl. The Morgan fingerprint density at radius 3 is 2.57 bits per heavy atom. The highest BCUT2D eigenvalue weighted by Crippen LogP contribution is 2.28. The summed E-state index contributed by atoms with van der Waals surface area (Å²) in [6.07, 6.45) is 3.41. The first-order valence-corrected chi connectivity index (χ1v) is 6.84. The van der Waals surface area contributed by atoms with Crippen LogP contribution >= 0.6 is 11.6 Å². The predicted molar refractivity (Wildman–Crippen MR) is 81.0 cm³/mol. The van der Waals surface area contributed by atoms with Gasteiger partial charge in [0.2, 0.25) is 0 Å². The maximum atomic E-state index is 13.9. The molecule has 2 aromatic carbocycles. The first kappa shape index (κ1) is 13.8. The lowest BCUT2D eigenvalue weighted by atomic mass is 10.0. The number of para-hydroxylation sites is 1. The minimum atomic E-state index is -0.656. The minimum absolute atomic E-state index is 0.284. The van der Waals surface area contributed by atoms with Gasteiger partial charge in [-0.2, -0.15) is 5.10 Å². The molecule has 0 bridgehead atoms. The van der Waals surface area contributed by atoms with Gasteiger partial charge in [0.1, 0.15) is 5.82 Å². The van der Waals surface area contributed by atoms with Gasteiger partial charge in [0.15, 0.2) is 0 Å². The highest BCUT2D eigenvalue weighted by Gasteiger charge is 2.18. The van der Waals surface area contributed by atoms with Crippen molar-refractivity contribution in [2.45, 2.75) is 6.04 Å². The zero-order valence-corrected chi connectivity index (χ0v) is 11.8. The van der Waals surface area contributed by atoms with Crippen molar-refractivity contribution >= 4 is 11.6 Å². The van der Waals surface area contributed by atoms with Crippen LogP contribution in [0.15, 0.2) is 60.9 Å². The van der Waals surface area contributed by atoms with Gasteiger partial charge in [-0.05, 0) is 24.3 Å². The Balaban J connectivity index is 1.97. The molecule has 0 amide bonds. The van der Waals surface area contributed by atoms with Crippen LogP contribution in [0.2, 0.25) is 5.02 Å². The fourth-order valence-corrected chi connectivity index (χ4v) is 2.47. The summed E-state index contributed by atoms with van der Waals surface area (Å²) < 4.78 is 15.6. The topological polar surface area (TPSA) is 43.8 Å². The van der Waals surface area contributed by atoms with E-state index in [0.717, 1.165) is 5.69 Å². The molecule has 5 heteroatoms. The van der Waals surface area contributed by atoms with E-state index in [9.17, 15) is 4.39 Å².